The zero-order valence-corrected chi connectivity index (χ0v) is 15.0. The summed E-state index contributed by atoms with van der Waals surface area (Å²) in [4.78, 5) is 37.5. The molecule has 1 saturated carbocycles. The first-order valence-corrected chi connectivity index (χ1v) is 8.95. The molecule has 1 aliphatic rings. The number of ether oxygens (including phenoxy) is 1. The number of carbonyl (C=O) groups is 2. The van der Waals surface area contributed by atoms with E-state index >= 15 is 0 Å². The molecule has 0 radical (unpaired) electrons. The van der Waals surface area contributed by atoms with Crippen molar-refractivity contribution in [3.63, 3.8) is 0 Å². The molecule has 0 amide bonds. The van der Waals surface area contributed by atoms with Crippen molar-refractivity contribution in [3.8, 4) is 0 Å². The Bertz CT molecular complexity index is 783. The van der Waals surface area contributed by atoms with E-state index in [1.807, 2.05) is 0 Å². The summed E-state index contributed by atoms with van der Waals surface area (Å²) in [7, 11) is 0. The second kappa shape index (κ2) is 7.70. The van der Waals surface area contributed by atoms with Gasteiger partial charge in [0.15, 0.2) is 0 Å². The van der Waals surface area contributed by atoms with Gasteiger partial charge in [0.05, 0.1) is 18.4 Å². The van der Waals surface area contributed by atoms with E-state index in [0.29, 0.717) is 11.1 Å². The second-order valence-electron chi connectivity index (χ2n) is 6.68. The van der Waals surface area contributed by atoms with Crippen molar-refractivity contribution in [2.24, 2.45) is 0 Å². The average Bonchev–Trinajstić information content (AvgIpc) is 2.68. The van der Waals surface area contributed by atoms with Crippen LogP contribution in [-0.2, 0) is 14.3 Å². The lowest BCUT2D eigenvalue weighted by atomic mass is 9.61. The van der Waals surface area contributed by atoms with Gasteiger partial charge >= 0.3 is 11.5 Å². The van der Waals surface area contributed by atoms with Gasteiger partial charge in [0, 0.05) is 17.8 Å². The lowest BCUT2D eigenvalue weighted by molar-refractivity contribution is -0.566. The maximum absolute atomic E-state index is 13.1. The normalized spacial score (nSPS) is 21.4. The second-order valence-corrected chi connectivity index (χ2v) is 6.68. The molecular weight excluding hydrogens is 346 g/mol. The molecule has 3 rings (SSSR count). The molecule has 0 bridgehead atoms. The van der Waals surface area contributed by atoms with Gasteiger partial charge in [-0.1, -0.05) is 60.7 Å². The summed E-state index contributed by atoms with van der Waals surface area (Å²) in [5.74, 6) is -2.76. The van der Waals surface area contributed by atoms with Gasteiger partial charge in [-0.05, 0) is 18.1 Å². The average molecular weight is 367 g/mol. The molecule has 27 heavy (non-hydrogen) atoms. The van der Waals surface area contributed by atoms with Crippen LogP contribution in [0.4, 0.5) is 0 Å². The Morgan fingerprint density at radius 2 is 1.48 bits per heavy atom. The molecule has 1 aliphatic carbocycles. The van der Waals surface area contributed by atoms with E-state index in [2.05, 4.69) is 0 Å². The topological polar surface area (TPSA) is 86.5 Å². The van der Waals surface area contributed by atoms with E-state index in [1.165, 1.54) is 0 Å². The smallest absolute Gasteiger partial charge is 0.386 e. The summed E-state index contributed by atoms with van der Waals surface area (Å²) in [5, 5.41) is 12.5. The number of nitro groups is 1. The summed E-state index contributed by atoms with van der Waals surface area (Å²) in [6, 6.07) is 17.5. The number of nitrogens with zero attached hydrogens (tertiary/aromatic N) is 1. The molecule has 0 aromatic heterocycles. The van der Waals surface area contributed by atoms with Gasteiger partial charge in [0.1, 0.15) is 5.78 Å². The number of benzene rings is 2. The van der Waals surface area contributed by atoms with Crippen molar-refractivity contribution in [2.75, 3.05) is 6.61 Å². The van der Waals surface area contributed by atoms with Crippen molar-refractivity contribution in [3.05, 3.63) is 81.9 Å². The van der Waals surface area contributed by atoms with Crippen LogP contribution in [0.5, 0.6) is 0 Å². The van der Waals surface area contributed by atoms with Crippen LogP contribution in [0.15, 0.2) is 60.7 Å². The Kier molecular flexibility index (Phi) is 5.35. The zero-order valence-electron chi connectivity index (χ0n) is 15.0. The van der Waals surface area contributed by atoms with Crippen molar-refractivity contribution in [2.45, 2.75) is 37.1 Å². The summed E-state index contributed by atoms with van der Waals surface area (Å²) < 4.78 is 5.19. The maximum atomic E-state index is 13.1. The number of carbonyl (C=O) groups excluding carboxylic acids is 2. The first-order chi connectivity index (χ1) is 13.0. The predicted molar refractivity (Wildman–Crippen MR) is 99.0 cm³/mol. The summed E-state index contributed by atoms with van der Waals surface area (Å²) in [6.07, 6.45) is -0.125. The Labute approximate surface area is 157 Å². The summed E-state index contributed by atoms with van der Waals surface area (Å²) in [6.45, 7) is 1.65. The van der Waals surface area contributed by atoms with E-state index in [4.69, 9.17) is 4.74 Å². The molecule has 0 N–H and O–H groups in total. The Balaban J connectivity index is 2.25. The third-order valence-electron chi connectivity index (χ3n) is 5.23. The van der Waals surface area contributed by atoms with E-state index < -0.39 is 28.3 Å². The SMILES string of the molecule is CCOC(=O)C1([N+](=O)[O-])[C@H](c2ccccc2)CC(=O)C[C@H]1c1ccccc1. The molecule has 140 valence electrons. The maximum Gasteiger partial charge on any atom is 0.386 e. The number of Topliss-reactive ketones (excluding diaryl/α,β-unsaturated/α-hetero) is 1. The van der Waals surface area contributed by atoms with Gasteiger partial charge < -0.3 is 4.74 Å². The van der Waals surface area contributed by atoms with Gasteiger partial charge in [-0.3, -0.25) is 14.9 Å². The molecule has 2 aromatic carbocycles. The highest BCUT2D eigenvalue weighted by Gasteiger charge is 2.67. The van der Waals surface area contributed by atoms with E-state index in [-0.39, 0.29) is 25.2 Å². The van der Waals surface area contributed by atoms with Crippen LogP contribution in [0.3, 0.4) is 0 Å². The van der Waals surface area contributed by atoms with Crippen molar-refractivity contribution < 1.29 is 19.2 Å². The fourth-order valence-electron chi connectivity index (χ4n) is 4.07. The summed E-state index contributed by atoms with van der Waals surface area (Å²) in [5.41, 5.74) is -0.862. The third kappa shape index (κ3) is 3.23. The molecule has 0 saturated heterocycles. The number of ketones is 1. The van der Waals surface area contributed by atoms with Crippen LogP contribution in [0.1, 0.15) is 42.7 Å². The fourth-order valence-corrected chi connectivity index (χ4v) is 4.07. The number of esters is 1. The van der Waals surface area contributed by atoms with Gasteiger partial charge in [-0.25, -0.2) is 4.79 Å². The van der Waals surface area contributed by atoms with Gasteiger partial charge in [0.2, 0.25) is 0 Å². The highest BCUT2D eigenvalue weighted by molar-refractivity contribution is 5.90. The molecular formula is C21H21NO5. The first kappa shape index (κ1) is 18.8. The fraction of sp³-hybridized carbons (Fsp3) is 0.333. The van der Waals surface area contributed by atoms with Crippen LogP contribution in [-0.4, -0.2) is 28.8 Å². The Morgan fingerprint density at radius 1 is 1.04 bits per heavy atom. The summed E-state index contributed by atoms with van der Waals surface area (Å²) >= 11 is 0. The van der Waals surface area contributed by atoms with Crippen LogP contribution >= 0.6 is 0 Å². The molecule has 6 heteroatoms. The third-order valence-corrected chi connectivity index (χ3v) is 5.23. The van der Waals surface area contributed by atoms with E-state index in [0.717, 1.165) is 0 Å². The van der Waals surface area contributed by atoms with E-state index in [9.17, 15) is 19.7 Å². The highest BCUT2D eigenvalue weighted by atomic mass is 16.6. The quantitative estimate of drug-likeness (QED) is 0.459. The molecule has 6 nitrogen and oxygen atoms in total. The minimum absolute atomic E-state index is 0.0331. The van der Waals surface area contributed by atoms with E-state index in [1.54, 1.807) is 67.6 Å². The monoisotopic (exact) mass is 367 g/mol. The zero-order chi connectivity index (χ0) is 19.4. The van der Waals surface area contributed by atoms with Crippen molar-refractivity contribution >= 4 is 11.8 Å². The van der Waals surface area contributed by atoms with Crippen LogP contribution in [0.25, 0.3) is 0 Å². The largest absolute Gasteiger partial charge is 0.461 e. The van der Waals surface area contributed by atoms with Crippen molar-refractivity contribution in [1.82, 2.24) is 0 Å². The van der Waals surface area contributed by atoms with Crippen molar-refractivity contribution in [1.29, 1.82) is 0 Å². The number of rotatable bonds is 5. The first-order valence-electron chi connectivity index (χ1n) is 8.95. The molecule has 0 spiro atoms. The van der Waals surface area contributed by atoms with Gasteiger partial charge in [0.25, 0.3) is 0 Å². The number of hydrogen-bond donors (Lipinski definition) is 0. The number of hydrogen-bond acceptors (Lipinski definition) is 5. The lowest BCUT2D eigenvalue weighted by Crippen LogP contribution is -2.59. The highest BCUT2D eigenvalue weighted by Crippen LogP contribution is 2.50. The van der Waals surface area contributed by atoms with Crippen LogP contribution in [0.2, 0.25) is 0 Å². The van der Waals surface area contributed by atoms with Gasteiger partial charge in [-0.2, -0.15) is 0 Å². The Morgan fingerprint density at radius 3 is 1.85 bits per heavy atom. The Hall–Kier alpha value is -3.02. The predicted octanol–water partition coefficient (Wildman–Crippen LogP) is 3.50. The minimum Gasteiger partial charge on any atom is -0.461 e. The van der Waals surface area contributed by atoms with Crippen LogP contribution in [0, 0.1) is 10.1 Å². The lowest BCUT2D eigenvalue weighted by Gasteiger charge is -2.40. The standard InChI is InChI=1S/C21H21NO5/c1-2-27-20(24)21(22(25)26)18(15-9-5-3-6-10-15)13-17(23)14-19(21)16-11-7-4-8-12-16/h3-12,18-19H,2,13-14H2,1H3/t18-,19-/m0/s1. The molecule has 0 aliphatic heterocycles. The molecule has 2 aromatic rings. The molecule has 0 unspecified atom stereocenters. The molecule has 2 atom stereocenters. The molecule has 1 fully saturated rings. The van der Waals surface area contributed by atoms with Gasteiger partial charge in [-0.15, -0.1) is 0 Å². The molecule has 0 heterocycles. The van der Waals surface area contributed by atoms with Crippen LogP contribution < -0.4 is 0 Å². The minimum atomic E-state index is -2.05.